The highest BCUT2D eigenvalue weighted by Crippen LogP contribution is 2.25. The Labute approximate surface area is 143 Å². The maximum atomic E-state index is 11.8. The van der Waals surface area contributed by atoms with Crippen LogP contribution in [-0.4, -0.2) is 11.1 Å². The van der Waals surface area contributed by atoms with Gasteiger partial charge in [-0.15, -0.1) is 0 Å². The molecule has 0 bridgehead atoms. The zero-order valence-corrected chi connectivity index (χ0v) is 14.6. The van der Waals surface area contributed by atoms with Gasteiger partial charge >= 0.3 is 5.97 Å². The number of phenolic OH excluding ortho intramolecular Hbond substituents is 1. The van der Waals surface area contributed by atoms with E-state index in [2.05, 4.69) is 6.58 Å². The maximum absolute atomic E-state index is 11.8. The second-order valence-electron chi connectivity index (χ2n) is 5.96. The number of carbonyl (C=O) groups excluding carboxylic acids is 1. The summed E-state index contributed by atoms with van der Waals surface area (Å²) in [5, 5.41) is 10.0. The van der Waals surface area contributed by atoms with E-state index in [1.54, 1.807) is 13.0 Å². The molecule has 0 aromatic heterocycles. The van der Waals surface area contributed by atoms with Crippen LogP contribution in [0.15, 0.2) is 48.6 Å². The van der Waals surface area contributed by atoms with Crippen LogP contribution in [0.1, 0.15) is 43.0 Å². The molecule has 0 heterocycles. The van der Waals surface area contributed by atoms with Crippen LogP contribution in [0.4, 0.5) is 0 Å². The van der Waals surface area contributed by atoms with Crippen molar-refractivity contribution in [3.63, 3.8) is 0 Å². The van der Waals surface area contributed by atoms with E-state index in [9.17, 15) is 9.90 Å². The highest BCUT2D eigenvalue weighted by molar-refractivity contribution is 5.89. The molecule has 0 unspecified atom stereocenters. The lowest BCUT2D eigenvalue weighted by Gasteiger charge is -2.12. The third-order valence-corrected chi connectivity index (χ3v) is 4.00. The molecule has 0 aliphatic carbocycles. The van der Waals surface area contributed by atoms with Gasteiger partial charge in [0.05, 0.1) is 0 Å². The lowest BCUT2D eigenvalue weighted by Crippen LogP contribution is -2.10. The van der Waals surface area contributed by atoms with E-state index in [1.807, 2.05) is 44.2 Å². The topological polar surface area (TPSA) is 46.5 Å². The van der Waals surface area contributed by atoms with Crippen LogP contribution in [0, 0.1) is 0 Å². The number of hydrogen-bond donors (Lipinski definition) is 1. The molecule has 2 aromatic carbocycles. The molecule has 0 aliphatic rings. The van der Waals surface area contributed by atoms with Crippen molar-refractivity contribution in [2.45, 2.75) is 40.0 Å². The Balaban J connectivity index is 2.26. The second-order valence-corrected chi connectivity index (χ2v) is 5.96. The van der Waals surface area contributed by atoms with Gasteiger partial charge in [0.15, 0.2) is 0 Å². The number of phenols is 1. The van der Waals surface area contributed by atoms with Crippen LogP contribution in [0.5, 0.6) is 11.5 Å². The van der Waals surface area contributed by atoms with Gasteiger partial charge in [-0.1, -0.05) is 44.7 Å². The number of ether oxygens (including phenoxy) is 1. The van der Waals surface area contributed by atoms with Gasteiger partial charge in [0, 0.05) is 5.57 Å². The zero-order chi connectivity index (χ0) is 17.7. The second kappa shape index (κ2) is 7.82. The van der Waals surface area contributed by atoms with E-state index in [4.69, 9.17) is 4.74 Å². The Hall–Kier alpha value is -2.55. The average molecular weight is 324 g/mol. The Morgan fingerprint density at radius 3 is 2.17 bits per heavy atom. The Bertz CT molecular complexity index is 760. The van der Waals surface area contributed by atoms with Crippen LogP contribution in [-0.2, 0) is 24.1 Å². The number of benzene rings is 2. The lowest BCUT2D eigenvalue weighted by atomic mass is 10.00. The molecule has 0 amide bonds. The molecule has 0 atom stereocenters. The monoisotopic (exact) mass is 324 g/mol. The molecule has 3 nitrogen and oxygen atoms in total. The molecule has 0 fully saturated rings. The molecular formula is C21H24O3. The molecule has 0 saturated carbocycles. The smallest absolute Gasteiger partial charge is 0.338 e. The summed E-state index contributed by atoms with van der Waals surface area (Å²) in [6, 6.07) is 11.7. The SMILES string of the molecule is C=C(C)C(=O)Oc1cc(Cc2ccc(CC)c(O)c2)ccc1CC. The Morgan fingerprint density at radius 2 is 1.62 bits per heavy atom. The molecule has 3 heteroatoms. The normalized spacial score (nSPS) is 10.5. The van der Waals surface area contributed by atoms with Crippen molar-refractivity contribution in [1.29, 1.82) is 0 Å². The zero-order valence-electron chi connectivity index (χ0n) is 14.6. The van der Waals surface area contributed by atoms with E-state index in [1.165, 1.54) is 0 Å². The van der Waals surface area contributed by atoms with E-state index in [-0.39, 0.29) is 0 Å². The number of aryl methyl sites for hydroxylation is 2. The van der Waals surface area contributed by atoms with Gasteiger partial charge < -0.3 is 9.84 Å². The number of aromatic hydroxyl groups is 1. The number of hydrogen-bond acceptors (Lipinski definition) is 3. The molecule has 2 rings (SSSR count). The fourth-order valence-corrected chi connectivity index (χ4v) is 2.54. The van der Waals surface area contributed by atoms with Crippen molar-refractivity contribution in [2.24, 2.45) is 0 Å². The first-order chi connectivity index (χ1) is 11.4. The molecule has 126 valence electrons. The Kier molecular flexibility index (Phi) is 5.80. The molecule has 1 N–H and O–H groups in total. The van der Waals surface area contributed by atoms with Crippen LogP contribution in [0.2, 0.25) is 0 Å². The van der Waals surface area contributed by atoms with Crippen molar-refractivity contribution < 1.29 is 14.6 Å². The quantitative estimate of drug-likeness (QED) is 0.480. The minimum atomic E-state index is -0.410. The van der Waals surface area contributed by atoms with Gasteiger partial charge in [0.2, 0.25) is 0 Å². The third-order valence-electron chi connectivity index (χ3n) is 4.00. The van der Waals surface area contributed by atoms with E-state index in [0.717, 1.165) is 35.1 Å². The highest BCUT2D eigenvalue weighted by Gasteiger charge is 2.11. The summed E-state index contributed by atoms with van der Waals surface area (Å²) in [7, 11) is 0. The first-order valence-corrected chi connectivity index (χ1v) is 8.24. The fourth-order valence-electron chi connectivity index (χ4n) is 2.54. The summed E-state index contributed by atoms with van der Waals surface area (Å²) in [5.74, 6) is 0.498. The maximum Gasteiger partial charge on any atom is 0.338 e. The van der Waals surface area contributed by atoms with E-state index < -0.39 is 5.97 Å². The van der Waals surface area contributed by atoms with Crippen LogP contribution in [0.3, 0.4) is 0 Å². The van der Waals surface area contributed by atoms with Crippen molar-refractivity contribution in [1.82, 2.24) is 0 Å². The third kappa shape index (κ3) is 4.25. The van der Waals surface area contributed by atoms with Crippen molar-refractivity contribution in [3.8, 4) is 11.5 Å². The number of carbonyl (C=O) groups is 1. The van der Waals surface area contributed by atoms with Gasteiger partial charge in [-0.3, -0.25) is 0 Å². The standard InChI is InChI=1S/C21H24O3/c1-5-17-9-7-15(12-19(17)22)11-16-8-10-18(6-2)20(13-16)24-21(23)14(3)4/h7-10,12-13,22H,3,5-6,11H2,1-2,4H3. The molecule has 0 spiro atoms. The first kappa shape index (κ1) is 17.8. The first-order valence-electron chi connectivity index (χ1n) is 8.24. The number of rotatable bonds is 6. The van der Waals surface area contributed by atoms with Gasteiger partial charge in [-0.05, 0) is 60.6 Å². The summed E-state index contributed by atoms with van der Waals surface area (Å²) >= 11 is 0. The number of esters is 1. The molecule has 0 saturated heterocycles. The summed E-state index contributed by atoms with van der Waals surface area (Å²) < 4.78 is 5.45. The van der Waals surface area contributed by atoms with Gasteiger partial charge in [0.1, 0.15) is 11.5 Å². The minimum absolute atomic E-state index is 0.328. The summed E-state index contributed by atoms with van der Waals surface area (Å²) in [6.45, 7) is 9.29. The van der Waals surface area contributed by atoms with Crippen LogP contribution in [0.25, 0.3) is 0 Å². The van der Waals surface area contributed by atoms with Gasteiger partial charge in [0.25, 0.3) is 0 Å². The fraction of sp³-hybridized carbons (Fsp3) is 0.286. The van der Waals surface area contributed by atoms with Crippen LogP contribution < -0.4 is 4.74 Å². The van der Waals surface area contributed by atoms with Gasteiger partial charge in [-0.25, -0.2) is 4.79 Å². The molecule has 0 aliphatic heterocycles. The van der Waals surface area contributed by atoms with Crippen molar-refractivity contribution >= 4 is 5.97 Å². The van der Waals surface area contributed by atoms with Crippen molar-refractivity contribution in [3.05, 3.63) is 70.8 Å². The summed E-state index contributed by atoms with van der Waals surface area (Å²) in [6.07, 6.45) is 2.25. The van der Waals surface area contributed by atoms with E-state index in [0.29, 0.717) is 23.5 Å². The largest absolute Gasteiger partial charge is 0.508 e. The minimum Gasteiger partial charge on any atom is -0.508 e. The van der Waals surface area contributed by atoms with Gasteiger partial charge in [-0.2, -0.15) is 0 Å². The Morgan fingerprint density at radius 1 is 1.04 bits per heavy atom. The van der Waals surface area contributed by atoms with E-state index >= 15 is 0 Å². The lowest BCUT2D eigenvalue weighted by molar-refractivity contribution is -0.130. The predicted molar refractivity (Wildman–Crippen MR) is 96.6 cm³/mol. The average Bonchev–Trinajstić information content (AvgIpc) is 2.55. The molecule has 24 heavy (non-hydrogen) atoms. The highest BCUT2D eigenvalue weighted by atomic mass is 16.5. The summed E-state index contributed by atoms with van der Waals surface area (Å²) in [5.41, 5.74) is 4.35. The molecule has 0 radical (unpaired) electrons. The van der Waals surface area contributed by atoms with Crippen molar-refractivity contribution in [2.75, 3.05) is 0 Å². The van der Waals surface area contributed by atoms with Crippen LogP contribution >= 0.6 is 0 Å². The molecule has 2 aromatic rings. The predicted octanol–water partition coefficient (Wildman–Crippen LogP) is 4.59. The summed E-state index contributed by atoms with van der Waals surface area (Å²) in [4.78, 5) is 11.8. The molecular weight excluding hydrogens is 300 g/mol.